The van der Waals surface area contributed by atoms with Gasteiger partial charge in [0, 0.05) is 16.3 Å². The molecule has 7 aromatic rings. The molecule has 1 atom stereocenters. The van der Waals surface area contributed by atoms with Crippen molar-refractivity contribution in [2.24, 2.45) is 4.99 Å². The predicted molar refractivity (Wildman–Crippen MR) is 177 cm³/mol. The monoisotopic (exact) mass is 554 g/mol. The Morgan fingerprint density at radius 2 is 0.977 bits per heavy atom. The highest BCUT2D eigenvalue weighted by Gasteiger charge is 2.38. The number of nitrogens with zero attached hydrogens (tertiary/aromatic N) is 3. The first-order chi connectivity index (χ1) is 21.3. The number of rotatable bonds is 6. The Kier molecular flexibility index (Phi) is 6.32. The van der Waals surface area contributed by atoms with Gasteiger partial charge in [-0.3, -0.25) is 5.01 Å². The zero-order valence-corrected chi connectivity index (χ0v) is 23.6. The SMILES string of the molecule is c1ccc(-c2ccc(/C(=N/Cn3c4ccccc4c4ccccc43)N3NC3c3ccc(-c4ccccc4)cc3)cc2)cc1. The molecule has 8 rings (SSSR count). The topological polar surface area (TPSA) is 42.2 Å². The van der Waals surface area contributed by atoms with E-state index in [0.29, 0.717) is 6.67 Å². The van der Waals surface area contributed by atoms with Crippen LogP contribution in [0.15, 0.2) is 163 Å². The van der Waals surface area contributed by atoms with Crippen molar-refractivity contribution >= 4 is 27.6 Å². The van der Waals surface area contributed by atoms with Gasteiger partial charge < -0.3 is 4.57 Å². The molecule has 0 saturated carbocycles. The van der Waals surface area contributed by atoms with Gasteiger partial charge in [0.15, 0.2) is 0 Å². The highest BCUT2D eigenvalue weighted by molar-refractivity contribution is 6.08. The summed E-state index contributed by atoms with van der Waals surface area (Å²) in [6.07, 6.45) is 0.0653. The summed E-state index contributed by atoms with van der Waals surface area (Å²) in [7, 11) is 0. The minimum absolute atomic E-state index is 0.0653. The normalized spacial score (nSPS) is 14.8. The van der Waals surface area contributed by atoms with Crippen molar-refractivity contribution in [1.82, 2.24) is 15.0 Å². The van der Waals surface area contributed by atoms with E-state index in [0.717, 1.165) is 11.4 Å². The third kappa shape index (κ3) is 4.78. The Labute approximate surface area is 251 Å². The fourth-order valence-corrected chi connectivity index (χ4v) is 6.04. The van der Waals surface area contributed by atoms with Crippen molar-refractivity contribution in [1.29, 1.82) is 0 Å². The van der Waals surface area contributed by atoms with E-state index < -0.39 is 0 Å². The van der Waals surface area contributed by atoms with E-state index in [9.17, 15) is 0 Å². The van der Waals surface area contributed by atoms with Crippen LogP contribution in [-0.4, -0.2) is 15.4 Å². The third-order valence-corrected chi connectivity index (χ3v) is 8.31. The standard InChI is InChI=1S/C39H30N4/c1-3-11-28(12-4-1)30-19-23-32(24-20-30)38(40-27-42-36-17-9-7-15-34(36)35-16-8-10-18-37(35)42)43-39(41-43)33-25-21-31(22-26-33)29-13-5-2-6-14-29/h1-26,39,41H,27H2/b40-38-. The molecule has 0 spiro atoms. The fraction of sp³-hybridized carbons (Fsp3) is 0.0513. The van der Waals surface area contributed by atoms with E-state index in [1.165, 1.54) is 49.6 Å². The van der Waals surface area contributed by atoms with E-state index in [1.54, 1.807) is 0 Å². The van der Waals surface area contributed by atoms with Crippen LogP contribution in [0.5, 0.6) is 0 Å². The van der Waals surface area contributed by atoms with Crippen LogP contribution in [0.4, 0.5) is 0 Å². The van der Waals surface area contributed by atoms with Crippen molar-refractivity contribution in [3.63, 3.8) is 0 Å². The second-order valence-corrected chi connectivity index (χ2v) is 10.9. The lowest BCUT2D eigenvalue weighted by Crippen LogP contribution is -2.17. The second kappa shape index (κ2) is 10.8. The van der Waals surface area contributed by atoms with Crippen molar-refractivity contribution in [3.8, 4) is 22.3 Å². The van der Waals surface area contributed by atoms with Crippen LogP contribution in [-0.2, 0) is 6.67 Å². The van der Waals surface area contributed by atoms with Gasteiger partial charge in [-0.1, -0.05) is 146 Å². The molecule has 0 radical (unpaired) electrons. The summed E-state index contributed by atoms with van der Waals surface area (Å²) < 4.78 is 2.32. The smallest absolute Gasteiger partial charge is 0.149 e. The Morgan fingerprint density at radius 1 is 0.512 bits per heavy atom. The number of aromatic nitrogens is 1. The predicted octanol–water partition coefficient (Wildman–Crippen LogP) is 9.05. The van der Waals surface area contributed by atoms with Gasteiger partial charge in [-0.05, 0) is 39.9 Å². The number of hydrogen-bond acceptors (Lipinski definition) is 2. The molecule has 2 heterocycles. The number of hydrazine groups is 1. The van der Waals surface area contributed by atoms with Crippen LogP contribution in [0, 0.1) is 0 Å². The Hall–Kier alpha value is -5.45. The minimum Gasteiger partial charge on any atom is -0.320 e. The molecular weight excluding hydrogens is 524 g/mol. The maximum Gasteiger partial charge on any atom is 0.149 e. The molecule has 0 aliphatic carbocycles. The zero-order valence-electron chi connectivity index (χ0n) is 23.6. The highest BCUT2D eigenvalue weighted by Crippen LogP contribution is 2.34. The lowest BCUT2D eigenvalue weighted by atomic mass is 10.0. The van der Waals surface area contributed by atoms with Gasteiger partial charge >= 0.3 is 0 Å². The lowest BCUT2D eigenvalue weighted by molar-refractivity contribution is 0.696. The van der Waals surface area contributed by atoms with Gasteiger partial charge in [0.1, 0.15) is 18.7 Å². The number of hydrogen-bond donors (Lipinski definition) is 1. The van der Waals surface area contributed by atoms with Crippen molar-refractivity contribution < 1.29 is 0 Å². The molecule has 6 aromatic carbocycles. The van der Waals surface area contributed by atoms with E-state index in [1.807, 2.05) is 0 Å². The van der Waals surface area contributed by atoms with Crippen molar-refractivity contribution in [2.75, 3.05) is 0 Å². The number of benzene rings is 6. The maximum absolute atomic E-state index is 5.29. The summed E-state index contributed by atoms with van der Waals surface area (Å²) in [4.78, 5) is 5.29. The van der Waals surface area contributed by atoms with E-state index >= 15 is 0 Å². The molecule has 1 aromatic heterocycles. The average Bonchev–Trinajstić information content (AvgIpc) is 3.82. The van der Waals surface area contributed by atoms with Crippen LogP contribution >= 0.6 is 0 Å². The first-order valence-corrected chi connectivity index (χ1v) is 14.7. The van der Waals surface area contributed by atoms with Crippen LogP contribution < -0.4 is 5.43 Å². The molecule has 1 aliphatic rings. The molecule has 4 nitrogen and oxygen atoms in total. The summed E-state index contributed by atoms with van der Waals surface area (Å²) in [6.45, 7) is 0.516. The molecule has 1 aliphatic heterocycles. The first-order valence-electron chi connectivity index (χ1n) is 14.7. The molecule has 0 bridgehead atoms. The quantitative estimate of drug-likeness (QED) is 0.127. The Bertz CT molecular complexity index is 2010. The third-order valence-electron chi connectivity index (χ3n) is 8.31. The van der Waals surface area contributed by atoms with E-state index in [-0.39, 0.29) is 6.17 Å². The van der Waals surface area contributed by atoms with Gasteiger partial charge in [0.05, 0.1) is 11.0 Å². The number of amidine groups is 1. The van der Waals surface area contributed by atoms with Crippen LogP contribution in [0.25, 0.3) is 44.1 Å². The molecule has 0 amide bonds. The molecule has 206 valence electrons. The van der Waals surface area contributed by atoms with Crippen LogP contribution in [0.3, 0.4) is 0 Å². The van der Waals surface area contributed by atoms with Crippen molar-refractivity contribution in [2.45, 2.75) is 12.8 Å². The molecular formula is C39H30N4. The van der Waals surface area contributed by atoms with Gasteiger partial charge in [-0.2, -0.15) is 0 Å². The molecule has 1 N–H and O–H groups in total. The number of para-hydroxylation sites is 2. The zero-order chi connectivity index (χ0) is 28.6. The Morgan fingerprint density at radius 3 is 1.53 bits per heavy atom. The Balaban J connectivity index is 1.15. The number of nitrogens with one attached hydrogen (secondary N) is 1. The average molecular weight is 555 g/mol. The van der Waals surface area contributed by atoms with Crippen LogP contribution in [0.1, 0.15) is 17.3 Å². The molecule has 4 heteroatoms. The molecule has 43 heavy (non-hydrogen) atoms. The summed E-state index contributed by atoms with van der Waals surface area (Å²) in [6, 6.07) is 55.8. The maximum atomic E-state index is 5.29. The van der Waals surface area contributed by atoms with Gasteiger partial charge in [-0.25, -0.2) is 10.4 Å². The second-order valence-electron chi connectivity index (χ2n) is 10.9. The first kappa shape index (κ1) is 25.3. The summed E-state index contributed by atoms with van der Waals surface area (Å²) in [5.74, 6) is 0.929. The summed E-state index contributed by atoms with van der Waals surface area (Å²) in [5, 5.41) is 4.69. The van der Waals surface area contributed by atoms with Gasteiger partial charge in [-0.15, -0.1) is 0 Å². The molecule has 1 fully saturated rings. The fourth-order valence-electron chi connectivity index (χ4n) is 6.04. The lowest BCUT2D eigenvalue weighted by Gasteiger charge is -2.12. The van der Waals surface area contributed by atoms with Gasteiger partial charge in [0.25, 0.3) is 0 Å². The van der Waals surface area contributed by atoms with E-state index in [2.05, 4.69) is 173 Å². The van der Waals surface area contributed by atoms with Gasteiger partial charge in [0.2, 0.25) is 0 Å². The minimum atomic E-state index is 0.0653. The van der Waals surface area contributed by atoms with E-state index in [4.69, 9.17) is 4.99 Å². The van der Waals surface area contributed by atoms with Crippen molar-refractivity contribution in [3.05, 3.63) is 169 Å². The van der Waals surface area contributed by atoms with Crippen LogP contribution in [0.2, 0.25) is 0 Å². The summed E-state index contributed by atoms with van der Waals surface area (Å²) in [5.41, 5.74) is 13.1. The number of fused-ring (bicyclic) bond motifs is 3. The highest BCUT2D eigenvalue weighted by atomic mass is 15.8. The summed E-state index contributed by atoms with van der Waals surface area (Å²) >= 11 is 0. The molecule has 1 saturated heterocycles. The number of aliphatic imine (C=N–C) groups is 1. The molecule has 1 unspecified atom stereocenters. The largest absolute Gasteiger partial charge is 0.320 e.